The summed E-state index contributed by atoms with van der Waals surface area (Å²) in [5.41, 5.74) is -0.770. The Morgan fingerprint density at radius 1 is 1.17 bits per heavy atom. The van der Waals surface area contributed by atoms with E-state index in [2.05, 4.69) is 10.1 Å². The molecule has 0 saturated carbocycles. The lowest BCUT2D eigenvalue weighted by molar-refractivity contribution is -0.141. The second kappa shape index (κ2) is 7.61. The monoisotopic (exact) mass is 412 g/mol. The molecule has 0 radical (unpaired) electrons. The molecule has 6 nitrogen and oxygen atoms in total. The lowest BCUT2D eigenvalue weighted by atomic mass is 9.96. The van der Waals surface area contributed by atoms with Gasteiger partial charge in [0, 0.05) is 11.3 Å². The summed E-state index contributed by atoms with van der Waals surface area (Å²) >= 11 is 0. The first-order valence-electron chi connectivity index (χ1n) is 8.37. The van der Waals surface area contributed by atoms with E-state index in [-0.39, 0.29) is 22.7 Å². The molecule has 0 aliphatic carbocycles. The zero-order chi connectivity index (χ0) is 21.3. The van der Waals surface area contributed by atoms with Crippen LogP contribution in [0.1, 0.15) is 23.6 Å². The minimum atomic E-state index is -4.67. The van der Waals surface area contributed by atoms with Gasteiger partial charge >= 0.3 is 18.2 Å². The first kappa shape index (κ1) is 20.4. The third-order valence-electron chi connectivity index (χ3n) is 4.50. The lowest BCUT2D eigenvalue weighted by Crippen LogP contribution is -2.43. The van der Waals surface area contributed by atoms with Gasteiger partial charge in [0.15, 0.2) is 0 Å². The van der Waals surface area contributed by atoms with E-state index in [4.69, 9.17) is 4.74 Å². The van der Waals surface area contributed by atoms with Gasteiger partial charge in [0.2, 0.25) is 0 Å². The molecule has 0 bridgehead atoms. The van der Waals surface area contributed by atoms with E-state index >= 15 is 0 Å². The molecule has 1 N–H and O–H groups in total. The molecular formula is C19H16F4N2O4. The molecule has 1 atom stereocenters. The summed E-state index contributed by atoms with van der Waals surface area (Å²) in [7, 11) is 2.36. The number of benzene rings is 2. The molecule has 1 unspecified atom stereocenters. The van der Waals surface area contributed by atoms with Crippen molar-refractivity contribution >= 4 is 23.4 Å². The van der Waals surface area contributed by atoms with E-state index in [1.54, 1.807) is 0 Å². The van der Waals surface area contributed by atoms with Gasteiger partial charge < -0.3 is 14.8 Å². The highest BCUT2D eigenvalue weighted by Crippen LogP contribution is 2.44. The van der Waals surface area contributed by atoms with Gasteiger partial charge in [0.05, 0.1) is 37.9 Å². The van der Waals surface area contributed by atoms with Gasteiger partial charge in [-0.3, -0.25) is 9.69 Å². The predicted octanol–water partition coefficient (Wildman–Crippen LogP) is 4.51. The number of urea groups is 1. The van der Waals surface area contributed by atoms with Crippen molar-refractivity contribution in [3.63, 3.8) is 0 Å². The van der Waals surface area contributed by atoms with Gasteiger partial charge in [-0.1, -0.05) is 0 Å². The molecule has 3 rings (SSSR count). The molecule has 1 aliphatic rings. The van der Waals surface area contributed by atoms with Crippen LogP contribution in [0.25, 0.3) is 0 Å². The van der Waals surface area contributed by atoms with Crippen molar-refractivity contribution in [2.24, 2.45) is 0 Å². The molecule has 0 fully saturated rings. The smallest absolute Gasteiger partial charge is 0.416 e. The number of esters is 1. The average Bonchev–Trinajstić information content (AvgIpc) is 2.67. The number of methoxy groups -OCH3 is 2. The van der Waals surface area contributed by atoms with Crippen LogP contribution >= 0.6 is 0 Å². The summed E-state index contributed by atoms with van der Waals surface area (Å²) in [4.78, 5) is 25.7. The van der Waals surface area contributed by atoms with Crippen LogP contribution in [-0.2, 0) is 15.7 Å². The minimum absolute atomic E-state index is 0.0251. The van der Waals surface area contributed by atoms with Crippen molar-refractivity contribution in [1.29, 1.82) is 0 Å². The molecule has 154 valence electrons. The summed E-state index contributed by atoms with van der Waals surface area (Å²) in [6, 6.07) is 4.26. The minimum Gasteiger partial charge on any atom is -0.495 e. The van der Waals surface area contributed by atoms with E-state index in [1.807, 2.05) is 0 Å². The fourth-order valence-corrected chi connectivity index (χ4v) is 3.15. The van der Waals surface area contributed by atoms with E-state index in [9.17, 15) is 27.2 Å². The van der Waals surface area contributed by atoms with Gasteiger partial charge in [-0.2, -0.15) is 13.2 Å². The van der Waals surface area contributed by atoms with Crippen LogP contribution in [0.15, 0.2) is 36.4 Å². The van der Waals surface area contributed by atoms with Crippen molar-refractivity contribution in [1.82, 2.24) is 0 Å². The Hall–Kier alpha value is -3.30. The highest BCUT2D eigenvalue weighted by molar-refractivity contribution is 6.06. The topological polar surface area (TPSA) is 67.9 Å². The van der Waals surface area contributed by atoms with Crippen LogP contribution in [0.2, 0.25) is 0 Å². The molecule has 1 heterocycles. The van der Waals surface area contributed by atoms with Gasteiger partial charge in [0.1, 0.15) is 11.6 Å². The number of hydrogen-bond donors (Lipinski definition) is 1. The van der Waals surface area contributed by atoms with Gasteiger partial charge in [-0.25, -0.2) is 9.18 Å². The van der Waals surface area contributed by atoms with Gasteiger partial charge in [-0.15, -0.1) is 0 Å². The zero-order valence-corrected chi connectivity index (χ0v) is 15.3. The third kappa shape index (κ3) is 3.96. The van der Waals surface area contributed by atoms with E-state index in [1.165, 1.54) is 13.2 Å². The first-order valence-corrected chi connectivity index (χ1v) is 8.37. The van der Waals surface area contributed by atoms with Crippen molar-refractivity contribution in [3.05, 3.63) is 53.3 Å². The summed E-state index contributed by atoms with van der Waals surface area (Å²) in [5, 5.41) is 2.50. The quantitative estimate of drug-likeness (QED) is 0.593. The fourth-order valence-electron chi connectivity index (χ4n) is 3.15. The van der Waals surface area contributed by atoms with Crippen LogP contribution in [0.4, 0.5) is 33.7 Å². The van der Waals surface area contributed by atoms with Gasteiger partial charge in [0.25, 0.3) is 0 Å². The maximum atomic E-state index is 13.9. The molecule has 10 heteroatoms. The molecule has 2 aromatic rings. The largest absolute Gasteiger partial charge is 0.495 e. The Kier molecular flexibility index (Phi) is 5.36. The van der Waals surface area contributed by atoms with Crippen LogP contribution in [0.3, 0.4) is 0 Å². The molecule has 0 saturated heterocycles. The maximum absolute atomic E-state index is 13.9. The summed E-state index contributed by atoms with van der Waals surface area (Å²) < 4.78 is 63.3. The number of nitrogens with zero attached hydrogens (tertiary/aromatic N) is 1. The average molecular weight is 412 g/mol. The number of carbonyl (C=O) groups excluding carboxylic acids is 2. The highest BCUT2D eigenvalue weighted by Gasteiger charge is 2.39. The molecular weight excluding hydrogens is 396 g/mol. The molecule has 2 amide bonds. The first-order chi connectivity index (χ1) is 13.7. The number of anilines is 2. The second-order valence-electron chi connectivity index (χ2n) is 6.21. The molecule has 29 heavy (non-hydrogen) atoms. The van der Waals surface area contributed by atoms with Crippen LogP contribution < -0.4 is 15.0 Å². The maximum Gasteiger partial charge on any atom is 0.416 e. The Morgan fingerprint density at radius 3 is 2.52 bits per heavy atom. The molecule has 0 aromatic heterocycles. The Bertz CT molecular complexity index is 962. The molecule has 0 spiro atoms. The van der Waals surface area contributed by atoms with Crippen molar-refractivity contribution in [3.8, 4) is 5.75 Å². The Morgan fingerprint density at radius 2 is 1.90 bits per heavy atom. The van der Waals surface area contributed by atoms with Gasteiger partial charge in [-0.05, 0) is 36.4 Å². The lowest BCUT2D eigenvalue weighted by Gasteiger charge is -2.37. The van der Waals surface area contributed by atoms with Crippen LogP contribution in [0.5, 0.6) is 5.75 Å². The standard InChI is InChI=1S/C19H16F4N2O4/c1-28-16-6-3-10(19(21,22)23)7-15(16)25-14(9-17(26)29-2)12-8-11(20)4-5-13(12)24-18(25)27/h3-8,14H,9H2,1-2H3,(H,24,27). The second-order valence-corrected chi connectivity index (χ2v) is 6.21. The normalized spacial score (nSPS) is 16.1. The van der Waals surface area contributed by atoms with Crippen molar-refractivity contribution in [2.45, 2.75) is 18.6 Å². The highest BCUT2D eigenvalue weighted by atomic mass is 19.4. The number of alkyl halides is 3. The third-order valence-corrected chi connectivity index (χ3v) is 4.50. The number of fused-ring (bicyclic) bond motifs is 1. The summed E-state index contributed by atoms with van der Waals surface area (Å²) in [5.74, 6) is -1.38. The van der Waals surface area contributed by atoms with Crippen LogP contribution in [0, 0.1) is 5.82 Å². The predicted molar refractivity (Wildman–Crippen MR) is 95.3 cm³/mol. The molecule has 1 aliphatic heterocycles. The van der Waals surface area contributed by atoms with E-state index < -0.39 is 42.0 Å². The number of ether oxygens (including phenoxy) is 2. The van der Waals surface area contributed by atoms with Crippen molar-refractivity contribution in [2.75, 3.05) is 24.4 Å². The number of rotatable bonds is 4. The number of nitrogens with one attached hydrogen (secondary N) is 1. The van der Waals surface area contributed by atoms with Crippen LogP contribution in [-0.4, -0.2) is 26.2 Å². The number of amides is 2. The fraction of sp³-hybridized carbons (Fsp3) is 0.263. The number of halogens is 4. The zero-order valence-electron chi connectivity index (χ0n) is 15.3. The van der Waals surface area contributed by atoms with E-state index in [0.29, 0.717) is 0 Å². The SMILES string of the molecule is COC(=O)CC1c2cc(F)ccc2NC(=O)N1c1cc(C(F)(F)F)ccc1OC. The van der Waals surface area contributed by atoms with E-state index in [0.717, 1.165) is 42.3 Å². The summed E-state index contributed by atoms with van der Waals surface area (Å²) in [6.07, 6.45) is -5.07. The number of hydrogen-bond acceptors (Lipinski definition) is 4. The Balaban J connectivity index is 2.20. The summed E-state index contributed by atoms with van der Waals surface area (Å²) in [6.45, 7) is 0. The Labute approximate surface area is 163 Å². The number of carbonyl (C=O) groups is 2. The molecule has 2 aromatic carbocycles. The van der Waals surface area contributed by atoms with Crippen molar-refractivity contribution < 1.29 is 36.6 Å².